The van der Waals surface area contributed by atoms with Gasteiger partial charge in [0.15, 0.2) is 5.13 Å². The van der Waals surface area contributed by atoms with E-state index in [0.29, 0.717) is 16.7 Å². The van der Waals surface area contributed by atoms with Crippen LogP contribution in [0.15, 0.2) is 0 Å². The van der Waals surface area contributed by atoms with Crippen LogP contribution < -0.4 is 10.6 Å². The van der Waals surface area contributed by atoms with Crippen LogP contribution in [0.4, 0.5) is 10.9 Å². The van der Waals surface area contributed by atoms with Gasteiger partial charge in [-0.05, 0) is 38.5 Å². The fourth-order valence-electron chi connectivity index (χ4n) is 2.73. The van der Waals surface area contributed by atoms with Crippen molar-refractivity contribution in [1.82, 2.24) is 9.88 Å². The smallest absolute Gasteiger partial charge is 0.267 e. The summed E-state index contributed by atoms with van der Waals surface area (Å²) in [7, 11) is 3.85. The Kier molecular flexibility index (Phi) is 5.08. The Balaban J connectivity index is 2.10. The molecule has 0 radical (unpaired) electrons. The van der Waals surface area contributed by atoms with Gasteiger partial charge >= 0.3 is 0 Å². The maximum Gasteiger partial charge on any atom is 0.267 e. The van der Waals surface area contributed by atoms with E-state index in [4.69, 9.17) is 5.73 Å². The molecule has 1 amide bonds. The Morgan fingerprint density at radius 3 is 2.52 bits per heavy atom. The van der Waals surface area contributed by atoms with Crippen molar-refractivity contribution in [2.24, 2.45) is 5.92 Å². The predicted molar refractivity (Wildman–Crippen MR) is 89.0 cm³/mol. The number of nitrogen functional groups attached to an aromatic ring is 1. The zero-order valence-corrected chi connectivity index (χ0v) is 14.2. The van der Waals surface area contributed by atoms with Crippen LogP contribution in [0.1, 0.15) is 49.2 Å². The van der Waals surface area contributed by atoms with Crippen molar-refractivity contribution in [2.75, 3.05) is 31.3 Å². The number of rotatable bonds is 4. The lowest BCUT2D eigenvalue weighted by atomic mass is 9.87. The highest BCUT2D eigenvalue weighted by atomic mass is 32.1. The molecule has 1 saturated carbocycles. The number of hydrogen-bond donors (Lipinski definition) is 1. The molecular weight excluding hydrogens is 284 g/mol. The summed E-state index contributed by atoms with van der Waals surface area (Å²) in [6.45, 7) is 5.18. The van der Waals surface area contributed by atoms with E-state index < -0.39 is 0 Å². The Morgan fingerprint density at radius 1 is 1.33 bits per heavy atom. The summed E-state index contributed by atoms with van der Waals surface area (Å²) in [6.07, 6.45) is 4.57. The number of nitrogens with zero attached hydrogens (tertiary/aromatic N) is 3. The summed E-state index contributed by atoms with van der Waals surface area (Å²) in [5.74, 6) is 1.15. The molecule has 0 bridgehead atoms. The molecule has 0 aromatic carbocycles. The molecule has 2 N–H and O–H groups in total. The number of thiazole rings is 1. The van der Waals surface area contributed by atoms with Crippen LogP contribution in [-0.4, -0.2) is 42.5 Å². The minimum atomic E-state index is 0.0142. The van der Waals surface area contributed by atoms with Gasteiger partial charge in [-0.3, -0.25) is 4.79 Å². The molecule has 1 aromatic rings. The number of anilines is 2. The van der Waals surface area contributed by atoms with Gasteiger partial charge in [-0.15, -0.1) is 0 Å². The van der Waals surface area contributed by atoms with Crippen molar-refractivity contribution in [3.05, 3.63) is 4.88 Å². The van der Waals surface area contributed by atoms with Crippen LogP contribution >= 0.6 is 11.3 Å². The van der Waals surface area contributed by atoms with Crippen molar-refractivity contribution in [1.29, 1.82) is 0 Å². The van der Waals surface area contributed by atoms with E-state index >= 15 is 0 Å². The summed E-state index contributed by atoms with van der Waals surface area (Å²) in [5, 5.41) is 0.809. The van der Waals surface area contributed by atoms with Crippen LogP contribution in [0.2, 0.25) is 0 Å². The van der Waals surface area contributed by atoms with E-state index in [9.17, 15) is 4.79 Å². The summed E-state index contributed by atoms with van der Waals surface area (Å²) in [6, 6.07) is 0.336. The highest BCUT2D eigenvalue weighted by Crippen LogP contribution is 2.31. The normalized spacial score (nSPS) is 22.1. The Morgan fingerprint density at radius 2 is 1.95 bits per heavy atom. The molecule has 1 heterocycles. The maximum absolute atomic E-state index is 12.7. The fraction of sp³-hybridized carbons (Fsp3) is 0.733. The SMILES string of the molecule is CCN(C)c1nc(N)c(C(=O)N(C)C2CCC(C)CC2)s1. The van der Waals surface area contributed by atoms with Crippen molar-refractivity contribution < 1.29 is 4.79 Å². The summed E-state index contributed by atoms with van der Waals surface area (Å²) in [5.41, 5.74) is 5.95. The molecule has 0 aliphatic heterocycles. The van der Waals surface area contributed by atoms with Gasteiger partial charge in [0, 0.05) is 26.7 Å². The molecule has 21 heavy (non-hydrogen) atoms. The second kappa shape index (κ2) is 6.64. The molecule has 6 heteroatoms. The third-order valence-electron chi connectivity index (χ3n) is 4.49. The predicted octanol–water partition coefficient (Wildman–Crippen LogP) is 2.83. The van der Waals surface area contributed by atoms with Crippen LogP contribution in [-0.2, 0) is 0 Å². The van der Waals surface area contributed by atoms with Gasteiger partial charge in [-0.1, -0.05) is 18.3 Å². The highest BCUT2D eigenvalue weighted by Gasteiger charge is 2.28. The van der Waals surface area contributed by atoms with Crippen molar-refractivity contribution in [2.45, 2.75) is 45.6 Å². The number of aromatic nitrogens is 1. The number of carbonyl (C=O) groups excluding carboxylic acids is 1. The summed E-state index contributed by atoms with van der Waals surface area (Å²) in [4.78, 5) is 21.4. The minimum absolute atomic E-state index is 0.0142. The van der Waals surface area contributed by atoms with Crippen LogP contribution in [0.3, 0.4) is 0 Å². The van der Waals surface area contributed by atoms with Gasteiger partial charge in [0.25, 0.3) is 5.91 Å². The zero-order chi connectivity index (χ0) is 15.6. The van der Waals surface area contributed by atoms with Crippen LogP contribution in [0.5, 0.6) is 0 Å². The van der Waals surface area contributed by atoms with Gasteiger partial charge in [0.2, 0.25) is 0 Å². The molecular formula is C15H26N4OS. The molecule has 0 atom stereocenters. The largest absolute Gasteiger partial charge is 0.382 e. The summed E-state index contributed by atoms with van der Waals surface area (Å²) >= 11 is 1.39. The second-order valence-electron chi connectivity index (χ2n) is 6.05. The van der Waals surface area contributed by atoms with Crippen molar-refractivity contribution in [3.63, 3.8) is 0 Å². The quantitative estimate of drug-likeness (QED) is 0.929. The Labute approximate surface area is 131 Å². The van der Waals surface area contributed by atoms with Crippen LogP contribution in [0.25, 0.3) is 0 Å². The van der Waals surface area contributed by atoms with E-state index in [2.05, 4.69) is 18.8 Å². The zero-order valence-electron chi connectivity index (χ0n) is 13.4. The third kappa shape index (κ3) is 3.48. The van der Waals surface area contributed by atoms with E-state index in [-0.39, 0.29) is 5.91 Å². The van der Waals surface area contributed by atoms with Gasteiger partial charge in [-0.25, -0.2) is 4.98 Å². The van der Waals surface area contributed by atoms with Gasteiger partial charge in [-0.2, -0.15) is 0 Å². The fourth-order valence-corrected chi connectivity index (χ4v) is 3.72. The lowest BCUT2D eigenvalue weighted by molar-refractivity contribution is 0.0685. The topological polar surface area (TPSA) is 62.5 Å². The first-order valence-electron chi connectivity index (χ1n) is 7.68. The van der Waals surface area contributed by atoms with Gasteiger partial charge in [0.05, 0.1) is 0 Å². The maximum atomic E-state index is 12.7. The minimum Gasteiger partial charge on any atom is -0.382 e. The first-order valence-corrected chi connectivity index (χ1v) is 8.50. The molecule has 1 aliphatic carbocycles. The van der Waals surface area contributed by atoms with Gasteiger partial charge in [0.1, 0.15) is 10.7 Å². The average Bonchev–Trinajstić information content (AvgIpc) is 2.87. The highest BCUT2D eigenvalue weighted by molar-refractivity contribution is 7.18. The monoisotopic (exact) mass is 310 g/mol. The molecule has 1 fully saturated rings. The average molecular weight is 310 g/mol. The van der Waals surface area contributed by atoms with E-state index in [1.165, 1.54) is 24.2 Å². The number of hydrogen-bond acceptors (Lipinski definition) is 5. The van der Waals surface area contributed by atoms with Crippen LogP contribution in [0, 0.1) is 5.92 Å². The number of amides is 1. The molecule has 5 nitrogen and oxygen atoms in total. The number of carbonyl (C=O) groups is 1. The molecule has 0 spiro atoms. The molecule has 1 aromatic heterocycles. The third-order valence-corrected chi connectivity index (χ3v) is 5.66. The Hall–Kier alpha value is -1.30. The lowest BCUT2D eigenvalue weighted by Gasteiger charge is -2.33. The van der Waals surface area contributed by atoms with E-state index in [1.54, 1.807) is 0 Å². The standard InChI is InChI=1S/C15H26N4OS/c1-5-18(3)15-17-13(16)12(21-15)14(20)19(4)11-8-6-10(2)7-9-11/h10-11H,5-9,16H2,1-4H3. The second-order valence-corrected chi connectivity index (χ2v) is 7.03. The first-order chi connectivity index (χ1) is 9.93. The molecule has 0 saturated heterocycles. The number of nitrogens with two attached hydrogens (primary N) is 1. The molecule has 2 rings (SSSR count). The summed E-state index contributed by atoms with van der Waals surface area (Å²) < 4.78 is 0. The van der Waals surface area contributed by atoms with Gasteiger partial charge < -0.3 is 15.5 Å². The first kappa shape index (κ1) is 16.1. The lowest BCUT2D eigenvalue weighted by Crippen LogP contribution is -2.39. The molecule has 118 valence electrons. The molecule has 1 aliphatic rings. The van der Waals surface area contributed by atoms with Crippen molar-refractivity contribution in [3.8, 4) is 0 Å². The Bertz CT molecular complexity index is 494. The van der Waals surface area contributed by atoms with E-state index in [0.717, 1.165) is 30.4 Å². The van der Waals surface area contributed by atoms with E-state index in [1.807, 2.05) is 23.9 Å². The molecule has 0 unspecified atom stereocenters. The van der Waals surface area contributed by atoms with Crippen molar-refractivity contribution >= 4 is 28.2 Å².